The van der Waals surface area contributed by atoms with Crippen molar-refractivity contribution in [3.8, 4) is 0 Å². The number of ketones is 2. The van der Waals surface area contributed by atoms with Crippen molar-refractivity contribution in [2.45, 2.75) is 129 Å². The summed E-state index contributed by atoms with van der Waals surface area (Å²) >= 11 is 0. The number of carbonyl (C=O) groups is 8. The topological polar surface area (TPSA) is 366 Å². The molecular formula is C68H110N4O26. The summed E-state index contributed by atoms with van der Waals surface area (Å²) in [5, 5.41) is 36.3. The Kier molecular flexibility index (Phi) is 42.7. The number of aliphatic hydroxyl groups is 3. The van der Waals surface area contributed by atoms with Gasteiger partial charge in [-0.2, -0.15) is 0 Å². The highest BCUT2D eigenvalue weighted by atomic mass is 16.6. The van der Waals surface area contributed by atoms with E-state index >= 15 is 0 Å². The Labute approximate surface area is 575 Å². The van der Waals surface area contributed by atoms with Gasteiger partial charge in [0.05, 0.1) is 202 Å². The smallest absolute Gasteiger partial charge is 0.311 e. The first-order chi connectivity index (χ1) is 47.1. The van der Waals surface area contributed by atoms with Gasteiger partial charge in [-0.1, -0.05) is 32.0 Å². The van der Waals surface area contributed by atoms with Crippen LogP contribution in [0.4, 0.5) is 0 Å². The second-order valence-corrected chi connectivity index (χ2v) is 25.0. The van der Waals surface area contributed by atoms with Crippen molar-refractivity contribution in [1.82, 2.24) is 20.4 Å². The molecule has 5 N–H and O–H groups in total. The van der Waals surface area contributed by atoms with Gasteiger partial charge in [0, 0.05) is 51.0 Å². The highest BCUT2D eigenvalue weighted by molar-refractivity contribution is 6.15. The molecule has 0 aliphatic carbocycles. The van der Waals surface area contributed by atoms with Crippen molar-refractivity contribution in [3.63, 3.8) is 0 Å². The number of amides is 5. The minimum absolute atomic E-state index is 0.0365. The van der Waals surface area contributed by atoms with E-state index in [-0.39, 0.29) is 77.5 Å². The summed E-state index contributed by atoms with van der Waals surface area (Å²) in [7, 11) is 1.63. The second-order valence-electron chi connectivity index (χ2n) is 25.0. The maximum atomic E-state index is 14.0. The lowest BCUT2D eigenvalue weighted by Gasteiger charge is -2.35. The van der Waals surface area contributed by atoms with Crippen molar-refractivity contribution < 1.29 is 125 Å². The fourth-order valence-corrected chi connectivity index (χ4v) is 10.2. The molecule has 0 bridgehead atoms. The quantitative estimate of drug-likeness (QED) is 0.0332. The molecule has 558 valence electrons. The zero-order valence-electron chi connectivity index (χ0n) is 58.5. The van der Waals surface area contributed by atoms with Gasteiger partial charge in [0.25, 0.3) is 11.8 Å². The number of hydrogen-bond donors (Lipinski definition) is 5. The predicted octanol–water partition coefficient (Wildman–Crippen LogP) is 0.284. The number of aliphatic hydroxyl groups excluding tert-OH is 3. The predicted molar refractivity (Wildman–Crippen MR) is 350 cm³/mol. The Morgan fingerprint density at radius 2 is 1.08 bits per heavy atom. The third-order valence-corrected chi connectivity index (χ3v) is 15.9. The van der Waals surface area contributed by atoms with Crippen LogP contribution >= 0.6 is 0 Å². The molecule has 98 heavy (non-hydrogen) atoms. The minimum Gasteiger partial charge on any atom is -0.460 e. The standard InChI is InChI=1S/C68H110N4O26/c1-48(2)55(65(81)70-49(3)57(74)41-50-8-9-52(46-98-67(83)68(4,5)6)51(40-50)10-11-59-64(80)63(79)58(75)47-97-59)43-54(73)45-71-53(42-56(66(71)82)72-61(77)12-13-62(72)78)44-69-60(76)14-15-85-18-19-87-22-23-89-26-27-91-30-31-93-34-35-95-38-39-96-37-36-94-33-32-92-29-28-90-25-24-88-21-20-86-17-16-84-7/h8-9,12-13,40,48-49,53,55-56,58-59,63-64,75,79-80H,10-11,14-39,41-47H2,1-7H3,(H,69,76)(H,70,81)/t49-,53-,55-,56?,58+,59-,63-,64-/m0/s1. The van der Waals surface area contributed by atoms with E-state index < -0.39 is 108 Å². The fraction of sp³-hybridized carbons (Fsp3) is 0.765. The molecule has 0 saturated carbocycles. The zero-order chi connectivity index (χ0) is 71.5. The first-order valence-corrected chi connectivity index (χ1v) is 34.0. The maximum absolute atomic E-state index is 14.0. The van der Waals surface area contributed by atoms with Crippen LogP contribution < -0.4 is 10.6 Å². The van der Waals surface area contributed by atoms with Crippen LogP contribution in [0.3, 0.4) is 0 Å². The Hall–Kier alpha value is -5.36. The van der Waals surface area contributed by atoms with Gasteiger partial charge in [0.1, 0.15) is 31.0 Å². The van der Waals surface area contributed by atoms with Crippen LogP contribution in [0.15, 0.2) is 30.4 Å². The third-order valence-electron chi connectivity index (χ3n) is 15.9. The van der Waals surface area contributed by atoms with Gasteiger partial charge in [-0.05, 0) is 69.6 Å². The first-order valence-electron chi connectivity index (χ1n) is 34.0. The van der Waals surface area contributed by atoms with Crippen molar-refractivity contribution in [3.05, 3.63) is 47.0 Å². The minimum atomic E-state index is -1.39. The van der Waals surface area contributed by atoms with Crippen LogP contribution in [0.25, 0.3) is 0 Å². The number of benzene rings is 1. The maximum Gasteiger partial charge on any atom is 0.311 e. The summed E-state index contributed by atoms with van der Waals surface area (Å²) in [5.41, 5.74) is 1.16. The number of carbonyl (C=O) groups excluding carboxylic acids is 8. The number of nitrogens with zero attached hydrogens (tertiary/aromatic N) is 2. The van der Waals surface area contributed by atoms with Crippen LogP contribution in [0.2, 0.25) is 0 Å². The van der Waals surface area contributed by atoms with E-state index in [1.165, 1.54) is 11.8 Å². The molecule has 2 saturated heterocycles. The highest BCUT2D eigenvalue weighted by Crippen LogP contribution is 2.28. The van der Waals surface area contributed by atoms with Crippen LogP contribution in [-0.4, -0.2) is 307 Å². The molecule has 1 unspecified atom stereocenters. The largest absolute Gasteiger partial charge is 0.460 e. The van der Waals surface area contributed by atoms with Gasteiger partial charge in [-0.25, -0.2) is 0 Å². The molecular weight excluding hydrogens is 1290 g/mol. The van der Waals surface area contributed by atoms with Gasteiger partial charge in [-0.3, -0.25) is 43.3 Å². The number of Topliss-reactive ketones (excluding diaryl/α,β-unsaturated/α-hetero) is 2. The van der Waals surface area contributed by atoms with E-state index in [2.05, 4.69) is 10.6 Å². The monoisotopic (exact) mass is 1400 g/mol. The molecule has 5 amide bonds. The summed E-state index contributed by atoms with van der Waals surface area (Å²) in [4.78, 5) is 109. The van der Waals surface area contributed by atoms with E-state index in [4.69, 9.17) is 71.1 Å². The molecule has 2 fully saturated rings. The highest BCUT2D eigenvalue weighted by Gasteiger charge is 2.47. The van der Waals surface area contributed by atoms with Crippen molar-refractivity contribution in [2.24, 2.45) is 17.3 Å². The normalized spacial score (nSPS) is 19.4. The SMILES string of the molecule is COCCOCCOCCOCCOCCOCCOCCOCCOCCOCCOCCOCCOCCC(=O)NC[C@@H]1CC(N2C(=O)C=CC2=O)C(=O)N1CC(=O)C[C@H](C(=O)N[C@@H](C)C(=O)Cc1ccc(COC(=O)C(C)(C)C)c(CC[C@@H]2OC[C@@H](O)[C@H](O)[C@H]2O)c1)C(C)C. The molecule has 0 spiro atoms. The number of rotatable bonds is 57. The summed E-state index contributed by atoms with van der Waals surface area (Å²) in [5.74, 6) is -5.61. The lowest BCUT2D eigenvalue weighted by molar-refractivity contribution is -0.188. The lowest BCUT2D eigenvalue weighted by atomic mass is 9.89. The fourth-order valence-electron chi connectivity index (χ4n) is 10.2. The average Bonchev–Trinajstić information content (AvgIpc) is 1.63. The number of esters is 1. The zero-order valence-corrected chi connectivity index (χ0v) is 58.5. The number of imide groups is 1. The molecule has 0 radical (unpaired) electrons. The van der Waals surface area contributed by atoms with E-state index in [9.17, 15) is 53.7 Å². The molecule has 0 aromatic heterocycles. The molecule has 4 rings (SSSR count). The number of ether oxygens (including phenoxy) is 15. The molecule has 30 heteroatoms. The van der Waals surface area contributed by atoms with Crippen LogP contribution in [-0.2, 0) is 129 Å². The Balaban J connectivity index is 1.05. The molecule has 1 aromatic rings. The second kappa shape index (κ2) is 49.3. The van der Waals surface area contributed by atoms with Crippen LogP contribution in [0, 0.1) is 17.3 Å². The van der Waals surface area contributed by atoms with Gasteiger partial charge >= 0.3 is 5.97 Å². The number of hydrogen-bond acceptors (Lipinski definition) is 26. The number of methoxy groups -OCH3 is 1. The molecule has 8 atom stereocenters. The Morgan fingerprint density at radius 1 is 0.622 bits per heavy atom. The molecule has 3 aliphatic heterocycles. The Bertz CT molecular complexity index is 2520. The van der Waals surface area contributed by atoms with Gasteiger partial charge < -0.3 is 102 Å². The van der Waals surface area contributed by atoms with E-state index in [1.807, 2.05) is 0 Å². The van der Waals surface area contributed by atoms with E-state index in [1.54, 1.807) is 59.9 Å². The summed E-state index contributed by atoms with van der Waals surface area (Å²) in [6.07, 6.45) is -2.66. The van der Waals surface area contributed by atoms with E-state index in [0.717, 1.165) is 17.1 Å². The van der Waals surface area contributed by atoms with Gasteiger partial charge in [-0.15, -0.1) is 0 Å². The number of likely N-dealkylation sites (tertiary alicyclic amines) is 1. The lowest BCUT2D eigenvalue weighted by Crippen LogP contribution is -2.52. The summed E-state index contributed by atoms with van der Waals surface area (Å²) in [6, 6.07) is 2.19. The first kappa shape index (κ1) is 85.1. The summed E-state index contributed by atoms with van der Waals surface area (Å²) in [6.45, 7) is 19.8. The molecule has 30 nitrogen and oxygen atoms in total. The molecule has 3 heterocycles. The summed E-state index contributed by atoms with van der Waals surface area (Å²) < 4.78 is 82.0. The number of nitrogens with one attached hydrogen (secondary N) is 2. The van der Waals surface area contributed by atoms with Crippen molar-refractivity contribution in [2.75, 3.05) is 192 Å². The van der Waals surface area contributed by atoms with Gasteiger partial charge in [0.2, 0.25) is 17.7 Å². The van der Waals surface area contributed by atoms with Crippen LogP contribution in [0.5, 0.6) is 0 Å². The van der Waals surface area contributed by atoms with Gasteiger partial charge in [0.15, 0.2) is 11.6 Å². The molecule has 1 aromatic carbocycles. The van der Waals surface area contributed by atoms with Crippen LogP contribution in [0.1, 0.15) is 83.9 Å². The Morgan fingerprint density at radius 3 is 1.53 bits per heavy atom. The average molecular weight is 1400 g/mol. The molecule has 3 aliphatic rings. The van der Waals surface area contributed by atoms with E-state index in [0.29, 0.717) is 168 Å². The third kappa shape index (κ3) is 33.9. The van der Waals surface area contributed by atoms with Crippen molar-refractivity contribution >= 4 is 47.1 Å². The number of aryl methyl sites for hydroxylation is 1. The van der Waals surface area contributed by atoms with Crippen molar-refractivity contribution in [1.29, 1.82) is 0 Å².